The zero-order chi connectivity index (χ0) is 14.5. The van der Waals surface area contributed by atoms with Crippen molar-refractivity contribution >= 4 is 5.91 Å². The lowest BCUT2D eigenvalue weighted by atomic mass is 9.93. The summed E-state index contributed by atoms with van der Waals surface area (Å²) in [6.45, 7) is 0. The van der Waals surface area contributed by atoms with Gasteiger partial charge in [0.15, 0.2) is 0 Å². The van der Waals surface area contributed by atoms with Crippen molar-refractivity contribution in [2.45, 2.75) is 44.2 Å². The number of primary amides is 1. The maximum atomic E-state index is 13.3. The van der Waals surface area contributed by atoms with Crippen molar-refractivity contribution in [1.82, 2.24) is 5.32 Å². The lowest BCUT2D eigenvalue weighted by molar-refractivity contribution is -0.120. The summed E-state index contributed by atoms with van der Waals surface area (Å²) < 4.78 is 13.3. The average Bonchev–Trinajstić information content (AvgIpc) is 2.46. The van der Waals surface area contributed by atoms with Gasteiger partial charge in [0.2, 0.25) is 5.91 Å². The number of amides is 1. The SMILES string of the molecule is N#Cc1cc(C(NC2CCCCC2)C(N)=O)ccc1F. The monoisotopic (exact) mass is 275 g/mol. The standard InChI is InChI=1S/C15H18FN3O/c16-13-7-6-10(8-11(13)9-17)14(15(18)20)19-12-4-2-1-3-5-12/h6-8,12,14,19H,1-5H2,(H2,18,20). The number of nitrogens with zero attached hydrogens (tertiary/aromatic N) is 1. The van der Waals surface area contributed by atoms with Crippen molar-refractivity contribution in [2.75, 3.05) is 0 Å². The van der Waals surface area contributed by atoms with Crippen LogP contribution in [0, 0.1) is 17.1 Å². The van der Waals surface area contributed by atoms with Crippen LogP contribution in [0.4, 0.5) is 4.39 Å². The van der Waals surface area contributed by atoms with Crippen molar-refractivity contribution in [1.29, 1.82) is 5.26 Å². The molecule has 5 heteroatoms. The van der Waals surface area contributed by atoms with Gasteiger partial charge in [-0.3, -0.25) is 10.1 Å². The van der Waals surface area contributed by atoms with Crippen LogP contribution in [-0.4, -0.2) is 11.9 Å². The van der Waals surface area contributed by atoms with Gasteiger partial charge in [0.25, 0.3) is 0 Å². The molecule has 1 aromatic carbocycles. The first-order valence-corrected chi connectivity index (χ1v) is 6.86. The Bertz CT molecular complexity index is 532. The summed E-state index contributed by atoms with van der Waals surface area (Å²) in [6.07, 6.45) is 5.51. The quantitative estimate of drug-likeness (QED) is 0.883. The number of halogens is 1. The average molecular weight is 275 g/mol. The second-order valence-electron chi connectivity index (χ2n) is 5.19. The highest BCUT2D eigenvalue weighted by Gasteiger charge is 2.23. The van der Waals surface area contributed by atoms with Crippen LogP contribution in [-0.2, 0) is 4.79 Å². The Morgan fingerprint density at radius 1 is 1.40 bits per heavy atom. The van der Waals surface area contributed by atoms with Crippen LogP contribution in [0.2, 0.25) is 0 Å². The molecule has 0 aromatic heterocycles. The van der Waals surface area contributed by atoms with Crippen molar-refractivity contribution in [3.05, 3.63) is 35.1 Å². The minimum Gasteiger partial charge on any atom is -0.368 e. The zero-order valence-corrected chi connectivity index (χ0v) is 11.2. The first kappa shape index (κ1) is 14.5. The van der Waals surface area contributed by atoms with E-state index in [2.05, 4.69) is 5.32 Å². The van der Waals surface area contributed by atoms with Crippen molar-refractivity contribution < 1.29 is 9.18 Å². The summed E-state index contributed by atoms with van der Waals surface area (Å²) in [5.74, 6) is -1.09. The second kappa shape index (κ2) is 6.49. The predicted molar refractivity (Wildman–Crippen MR) is 73.1 cm³/mol. The van der Waals surface area contributed by atoms with Gasteiger partial charge in [-0.1, -0.05) is 25.3 Å². The lowest BCUT2D eigenvalue weighted by Gasteiger charge is -2.27. The van der Waals surface area contributed by atoms with Gasteiger partial charge in [-0.15, -0.1) is 0 Å². The Kier molecular flexibility index (Phi) is 4.70. The zero-order valence-electron chi connectivity index (χ0n) is 11.2. The third-order valence-corrected chi connectivity index (χ3v) is 3.74. The van der Waals surface area contributed by atoms with E-state index in [1.807, 2.05) is 0 Å². The third kappa shape index (κ3) is 3.34. The first-order valence-electron chi connectivity index (χ1n) is 6.86. The van der Waals surface area contributed by atoms with E-state index in [1.165, 1.54) is 24.6 Å². The topological polar surface area (TPSA) is 78.9 Å². The molecule has 0 radical (unpaired) electrons. The molecule has 0 bridgehead atoms. The molecule has 3 N–H and O–H groups in total. The molecule has 4 nitrogen and oxygen atoms in total. The number of nitriles is 1. The van der Waals surface area contributed by atoms with Crippen LogP contribution in [0.25, 0.3) is 0 Å². The molecule has 1 amide bonds. The minimum absolute atomic E-state index is 0.0702. The molecule has 2 rings (SSSR count). The fourth-order valence-electron chi connectivity index (χ4n) is 2.66. The van der Waals surface area contributed by atoms with E-state index in [4.69, 9.17) is 11.0 Å². The smallest absolute Gasteiger partial charge is 0.239 e. The number of hydrogen-bond acceptors (Lipinski definition) is 3. The van der Waals surface area contributed by atoms with Gasteiger partial charge in [0.1, 0.15) is 17.9 Å². The summed E-state index contributed by atoms with van der Waals surface area (Å²) in [7, 11) is 0. The highest BCUT2D eigenvalue weighted by atomic mass is 19.1. The molecule has 0 saturated heterocycles. The van der Waals surface area contributed by atoms with Crippen LogP contribution in [0.3, 0.4) is 0 Å². The third-order valence-electron chi connectivity index (χ3n) is 3.74. The Morgan fingerprint density at radius 3 is 2.70 bits per heavy atom. The van der Waals surface area contributed by atoms with E-state index in [-0.39, 0.29) is 11.6 Å². The Morgan fingerprint density at radius 2 is 2.10 bits per heavy atom. The van der Waals surface area contributed by atoms with E-state index >= 15 is 0 Å². The predicted octanol–water partition coefficient (Wildman–Crippen LogP) is 2.15. The largest absolute Gasteiger partial charge is 0.368 e. The van der Waals surface area contributed by atoms with Gasteiger partial charge in [-0.25, -0.2) is 4.39 Å². The fourth-order valence-corrected chi connectivity index (χ4v) is 2.66. The van der Waals surface area contributed by atoms with Gasteiger partial charge in [-0.05, 0) is 30.5 Å². The molecule has 0 heterocycles. The van der Waals surface area contributed by atoms with Crippen molar-refractivity contribution in [3.8, 4) is 6.07 Å². The first-order chi connectivity index (χ1) is 9.61. The van der Waals surface area contributed by atoms with Crippen LogP contribution >= 0.6 is 0 Å². The second-order valence-corrected chi connectivity index (χ2v) is 5.19. The summed E-state index contributed by atoms with van der Waals surface area (Å²) in [6, 6.07) is 5.44. The van der Waals surface area contributed by atoms with Crippen LogP contribution in [0.1, 0.15) is 49.3 Å². The number of nitrogens with two attached hydrogens (primary N) is 1. The normalized spacial score (nSPS) is 17.4. The van der Waals surface area contributed by atoms with Gasteiger partial charge in [0, 0.05) is 6.04 Å². The molecule has 1 aliphatic carbocycles. The van der Waals surface area contributed by atoms with Gasteiger partial charge in [0.05, 0.1) is 5.56 Å². The number of rotatable bonds is 4. The molecule has 1 aliphatic rings. The summed E-state index contributed by atoms with van der Waals surface area (Å²) >= 11 is 0. The van der Waals surface area contributed by atoms with E-state index in [9.17, 15) is 9.18 Å². The summed E-state index contributed by atoms with van der Waals surface area (Å²) in [5.41, 5.74) is 5.91. The molecule has 1 saturated carbocycles. The number of nitrogens with one attached hydrogen (secondary N) is 1. The Balaban J connectivity index is 2.20. The van der Waals surface area contributed by atoms with Crippen molar-refractivity contribution in [2.24, 2.45) is 5.73 Å². The number of hydrogen-bond donors (Lipinski definition) is 2. The molecule has 1 atom stereocenters. The van der Waals surface area contributed by atoms with Gasteiger partial charge >= 0.3 is 0 Å². The van der Waals surface area contributed by atoms with E-state index in [0.717, 1.165) is 25.7 Å². The Labute approximate surface area is 117 Å². The lowest BCUT2D eigenvalue weighted by Crippen LogP contribution is -2.41. The summed E-state index contributed by atoms with van der Waals surface area (Å²) in [5, 5.41) is 12.1. The maximum Gasteiger partial charge on any atom is 0.239 e. The summed E-state index contributed by atoms with van der Waals surface area (Å²) in [4.78, 5) is 11.6. The molecule has 1 unspecified atom stereocenters. The van der Waals surface area contributed by atoms with E-state index in [1.54, 1.807) is 6.07 Å². The molecule has 1 aromatic rings. The maximum absolute atomic E-state index is 13.3. The van der Waals surface area contributed by atoms with Crippen molar-refractivity contribution in [3.63, 3.8) is 0 Å². The van der Waals surface area contributed by atoms with Crippen LogP contribution < -0.4 is 11.1 Å². The Hall–Kier alpha value is -1.93. The molecule has 0 spiro atoms. The molecule has 106 valence electrons. The minimum atomic E-state index is -0.675. The van der Waals surface area contributed by atoms with E-state index in [0.29, 0.717) is 5.56 Å². The number of benzene rings is 1. The van der Waals surface area contributed by atoms with Gasteiger partial charge < -0.3 is 5.73 Å². The molecule has 1 fully saturated rings. The fraction of sp³-hybridized carbons (Fsp3) is 0.467. The van der Waals surface area contributed by atoms with E-state index < -0.39 is 17.8 Å². The molecular formula is C15H18FN3O. The van der Waals surface area contributed by atoms with Crippen LogP contribution in [0.5, 0.6) is 0 Å². The highest BCUT2D eigenvalue weighted by molar-refractivity contribution is 5.81. The molecule has 0 aliphatic heterocycles. The number of carbonyl (C=O) groups is 1. The van der Waals surface area contributed by atoms with Gasteiger partial charge in [-0.2, -0.15) is 5.26 Å². The highest BCUT2D eigenvalue weighted by Crippen LogP contribution is 2.22. The molecular weight excluding hydrogens is 257 g/mol. The molecule has 20 heavy (non-hydrogen) atoms. The number of carbonyl (C=O) groups excluding carboxylic acids is 1. The van der Waals surface area contributed by atoms with Crippen LogP contribution in [0.15, 0.2) is 18.2 Å².